The van der Waals surface area contributed by atoms with Crippen LogP contribution in [-0.2, 0) is 0 Å². The Balaban J connectivity index is 1.95. The molecule has 1 aliphatic carbocycles. The highest BCUT2D eigenvalue weighted by Gasteiger charge is 2.18. The Morgan fingerprint density at radius 1 is 1.19 bits per heavy atom. The average molecular weight is 289 g/mol. The van der Waals surface area contributed by atoms with Crippen molar-refractivity contribution in [3.8, 4) is 0 Å². The van der Waals surface area contributed by atoms with Gasteiger partial charge in [-0.25, -0.2) is 0 Å². The monoisotopic (exact) mass is 289 g/mol. The van der Waals surface area contributed by atoms with Crippen LogP contribution in [0, 0.1) is 0 Å². The molecule has 0 aromatic carbocycles. The SMILES string of the molecule is CCCCNC(=O)c1cncc(C(=O)NC2CCCC2)c1. The molecule has 1 aromatic heterocycles. The van der Waals surface area contributed by atoms with E-state index in [2.05, 4.69) is 22.5 Å². The molecule has 114 valence electrons. The molecule has 0 bridgehead atoms. The van der Waals surface area contributed by atoms with Crippen molar-refractivity contribution >= 4 is 11.8 Å². The van der Waals surface area contributed by atoms with Gasteiger partial charge in [0.1, 0.15) is 0 Å². The third kappa shape index (κ3) is 4.55. The highest BCUT2D eigenvalue weighted by molar-refractivity contribution is 5.99. The summed E-state index contributed by atoms with van der Waals surface area (Å²) in [5.74, 6) is -0.316. The van der Waals surface area contributed by atoms with E-state index >= 15 is 0 Å². The number of carbonyl (C=O) groups is 2. The Bertz CT molecular complexity index is 496. The molecule has 1 aliphatic rings. The van der Waals surface area contributed by atoms with E-state index in [0.717, 1.165) is 25.7 Å². The minimum absolute atomic E-state index is 0.141. The smallest absolute Gasteiger partial charge is 0.253 e. The molecule has 0 spiro atoms. The Morgan fingerprint density at radius 2 is 1.86 bits per heavy atom. The second kappa shape index (κ2) is 7.76. The minimum atomic E-state index is -0.175. The fourth-order valence-corrected chi connectivity index (χ4v) is 2.51. The van der Waals surface area contributed by atoms with Crippen LogP contribution in [0.25, 0.3) is 0 Å². The van der Waals surface area contributed by atoms with Gasteiger partial charge in [-0.1, -0.05) is 26.2 Å². The van der Waals surface area contributed by atoms with Gasteiger partial charge in [0, 0.05) is 25.0 Å². The van der Waals surface area contributed by atoms with Crippen LogP contribution >= 0.6 is 0 Å². The Kier molecular flexibility index (Phi) is 5.72. The number of hydrogen-bond acceptors (Lipinski definition) is 3. The van der Waals surface area contributed by atoms with Gasteiger partial charge in [0.15, 0.2) is 0 Å². The molecule has 0 saturated heterocycles. The van der Waals surface area contributed by atoms with Crippen LogP contribution in [-0.4, -0.2) is 29.4 Å². The van der Waals surface area contributed by atoms with Crippen molar-refractivity contribution in [3.05, 3.63) is 29.6 Å². The number of hydrogen-bond donors (Lipinski definition) is 2. The molecule has 1 fully saturated rings. The lowest BCUT2D eigenvalue weighted by Gasteiger charge is -2.12. The number of pyridine rings is 1. The molecule has 5 nitrogen and oxygen atoms in total. The van der Waals surface area contributed by atoms with Gasteiger partial charge >= 0.3 is 0 Å². The molecule has 0 radical (unpaired) electrons. The summed E-state index contributed by atoms with van der Waals surface area (Å²) in [5.41, 5.74) is 0.884. The van der Waals surface area contributed by atoms with Crippen molar-refractivity contribution in [3.63, 3.8) is 0 Å². The van der Waals surface area contributed by atoms with Crippen molar-refractivity contribution in [2.24, 2.45) is 0 Å². The zero-order valence-electron chi connectivity index (χ0n) is 12.5. The molecular weight excluding hydrogens is 266 g/mol. The van der Waals surface area contributed by atoms with Crippen LogP contribution in [0.2, 0.25) is 0 Å². The average Bonchev–Trinajstić information content (AvgIpc) is 3.00. The highest BCUT2D eigenvalue weighted by Crippen LogP contribution is 2.18. The van der Waals surface area contributed by atoms with Gasteiger partial charge in [-0.2, -0.15) is 0 Å². The van der Waals surface area contributed by atoms with E-state index in [1.54, 1.807) is 6.07 Å². The lowest BCUT2D eigenvalue weighted by Crippen LogP contribution is -2.33. The number of carbonyl (C=O) groups excluding carboxylic acids is 2. The lowest BCUT2D eigenvalue weighted by molar-refractivity contribution is 0.0937. The second-order valence-corrected chi connectivity index (χ2v) is 5.53. The van der Waals surface area contributed by atoms with Crippen LogP contribution in [0.1, 0.15) is 66.2 Å². The normalized spacial score (nSPS) is 14.9. The van der Waals surface area contributed by atoms with Crippen molar-refractivity contribution in [2.45, 2.75) is 51.5 Å². The standard InChI is InChI=1S/C16H23N3O2/c1-2-3-8-18-15(20)12-9-13(11-17-10-12)16(21)19-14-6-4-5-7-14/h9-11,14H,2-8H2,1H3,(H,18,20)(H,19,21). The largest absolute Gasteiger partial charge is 0.352 e. The number of unbranched alkanes of at least 4 members (excludes halogenated alkanes) is 1. The third-order valence-electron chi connectivity index (χ3n) is 3.77. The Hall–Kier alpha value is -1.91. The first-order chi connectivity index (χ1) is 10.2. The predicted molar refractivity (Wildman–Crippen MR) is 81.2 cm³/mol. The number of nitrogens with zero attached hydrogens (tertiary/aromatic N) is 1. The molecule has 1 aromatic rings. The maximum absolute atomic E-state index is 12.2. The van der Waals surface area contributed by atoms with E-state index in [-0.39, 0.29) is 17.9 Å². The molecule has 0 aliphatic heterocycles. The lowest BCUT2D eigenvalue weighted by atomic mass is 10.1. The molecular formula is C16H23N3O2. The van der Waals surface area contributed by atoms with Crippen LogP contribution in [0.3, 0.4) is 0 Å². The number of aromatic nitrogens is 1. The topological polar surface area (TPSA) is 71.1 Å². The van der Waals surface area contributed by atoms with Crippen LogP contribution < -0.4 is 10.6 Å². The highest BCUT2D eigenvalue weighted by atomic mass is 16.2. The molecule has 5 heteroatoms. The van der Waals surface area contributed by atoms with Crippen LogP contribution in [0.5, 0.6) is 0 Å². The van der Waals surface area contributed by atoms with E-state index in [4.69, 9.17) is 0 Å². The predicted octanol–water partition coefficient (Wildman–Crippen LogP) is 2.28. The first-order valence-corrected chi connectivity index (χ1v) is 7.75. The van der Waals surface area contributed by atoms with Gasteiger partial charge in [-0.05, 0) is 25.3 Å². The maximum Gasteiger partial charge on any atom is 0.253 e. The number of nitrogens with one attached hydrogen (secondary N) is 2. The first-order valence-electron chi connectivity index (χ1n) is 7.75. The summed E-state index contributed by atoms with van der Waals surface area (Å²) in [5, 5.41) is 5.83. The molecule has 2 amide bonds. The van der Waals surface area contributed by atoms with Crippen LogP contribution in [0.4, 0.5) is 0 Å². The van der Waals surface area contributed by atoms with Crippen molar-refractivity contribution in [2.75, 3.05) is 6.54 Å². The quantitative estimate of drug-likeness (QED) is 0.789. The second-order valence-electron chi connectivity index (χ2n) is 5.53. The number of rotatable bonds is 6. The van der Waals surface area contributed by atoms with E-state index in [1.807, 2.05) is 0 Å². The van der Waals surface area contributed by atoms with E-state index in [1.165, 1.54) is 25.2 Å². The molecule has 0 atom stereocenters. The fourth-order valence-electron chi connectivity index (χ4n) is 2.51. The van der Waals surface area contributed by atoms with Crippen molar-refractivity contribution in [1.82, 2.24) is 15.6 Å². The zero-order valence-corrected chi connectivity index (χ0v) is 12.5. The summed E-state index contributed by atoms with van der Waals surface area (Å²) in [6.07, 6.45) is 9.39. The van der Waals surface area contributed by atoms with Gasteiger partial charge in [-0.3, -0.25) is 14.6 Å². The summed E-state index contributed by atoms with van der Waals surface area (Å²) in [7, 11) is 0. The summed E-state index contributed by atoms with van der Waals surface area (Å²) in [6, 6.07) is 1.87. The van der Waals surface area contributed by atoms with E-state index in [0.29, 0.717) is 17.7 Å². The summed E-state index contributed by atoms with van der Waals surface area (Å²) in [4.78, 5) is 28.1. The summed E-state index contributed by atoms with van der Waals surface area (Å²) < 4.78 is 0. The van der Waals surface area contributed by atoms with Crippen molar-refractivity contribution in [1.29, 1.82) is 0 Å². The Labute approximate surface area is 125 Å². The van der Waals surface area contributed by atoms with Gasteiger partial charge in [-0.15, -0.1) is 0 Å². The number of amides is 2. The molecule has 1 saturated carbocycles. The van der Waals surface area contributed by atoms with E-state index < -0.39 is 0 Å². The van der Waals surface area contributed by atoms with Crippen molar-refractivity contribution < 1.29 is 9.59 Å². The summed E-state index contributed by atoms with van der Waals surface area (Å²) in [6.45, 7) is 2.72. The van der Waals surface area contributed by atoms with E-state index in [9.17, 15) is 9.59 Å². The van der Waals surface area contributed by atoms with Gasteiger partial charge in [0.25, 0.3) is 11.8 Å². The molecule has 1 heterocycles. The maximum atomic E-state index is 12.2. The van der Waals surface area contributed by atoms with Gasteiger partial charge in [0.2, 0.25) is 0 Å². The van der Waals surface area contributed by atoms with Gasteiger partial charge in [0.05, 0.1) is 11.1 Å². The molecule has 2 rings (SSSR count). The molecule has 2 N–H and O–H groups in total. The van der Waals surface area contributed by atoms with Crippen LogP contribution in [0.15, 0.2) is 18.5 Å². The Morgan fingerprint density at radius 3 is 2.52 bits per heavy atom. The fraction of sp³-hybridized carbons (Fsp3) is 0.562. The molecule has 0 unspecified atom stereocenters. The third-order valence-corrected chi connectivity index (χ3v) is 3.77. The molecule has 21 heavy (non-hydrogen) atoms. The first kappa shape index (κ1) is 15.5. The summed E-state index contributed by atoms with van der Waals surface area (Å²) >= 11 is 0. The zero-order chi connectivity index (χ0) is 15.1. The minimum Gasteiger partial charge on any atom is -0.352 e. The van der Waals surface area contributed by atoms with Gasteiger partial charge < -0.3 is 10.6 Å².